The van der Waals surface area contributed by atoms with Crippen LogP contribution in [0, 0.1) is 5.92 Å². The quantitative estimate of drug-likeness (QED) is 0.653. The molecule has 3 aliphatic rings. The van der Waals surface area contributed by atoms with E-state index < -0.39 is 0 Å². The molecule has 0 unspecified atom stereocenters. The molecule has 3 rings (SSSR count). The molecule has 2 bridgehead atoms. The lowest BCUT2D eigenvalue weighted by Crippen LogP contribution is -2.41. The first kappa shape index (κ1) is 11.0. The van der Waals surface area contributed by atoms with Crippen LogP contribution in [0.2, 0.25) is 0 Å². The van der Waals surface area contributed by atoms with Gasteiger partial charge in [-0.1, -0.05) is 0 Å². The Morgan fingerprint density at radius 3 is 1.54 bits per heavy atom. The number of fused-ring (bicyclic) bond motifs is 3. The number of rotatable bonds is 2. The number of hydrogen-bond acceptors (Lipinski definition) is 2. The predicted octanol–water partition coefficient (Wildman–Crippen LogP) is 2.14. The Kier molecular flexibility index (Phi) is 5.40. The van der Waals surface area contributed by atoms with Crippen LogP contribution in [0.25, 0.3) is 0 Å². The molecule has 0 saturated carbocycles. The molecule has 0 radical (unpaired) electrons. The van der Waals surface area contributed by atoms with Gasteiger partial charge in [0, 0.05) is 13.2 Å². The second kappa shape index (κ2) is 6.39. The molecular weight excluding hydrogens is 162 g/mol. The summed E-state index contributed by atoms with van der Waals surface area (Å²) >= 11 is 0. The fourth-order valence-corrected chi connectivity index (χ4v) is 2.07. The lowest BCUT2D eigenvalue weighted by molar-refractivity contribution is 0.111. The molecule has 0 aromatic rings. The average molecular weight is 185 g/mol. The van der Waals surface area contributed by atoms with Crippen LogP contribution in [0.5, 0.6) is 0 Å². The second-order valence-electron chi connectivity index (χ2n) is 3.86. The van der Waals surface area contributed by atoms with Crippen LogP contribution < -0.4 is 0 Å². The number of ether oxygens (including phenoxy) is 1. The summed E-state index contributed by atoms with van der Waals surface area (Å²) in [7, 11) is 0. The van der Waals surface area contributed by atoms with Crippen molar-refractivity contribution in [1.82, 2.24) is 4.90 Å². The third-order valence-electron chi connectivity index (χ3n) is 2.97. The summed E-state index contributed by atoms with van der Waals surface area (Å²) in [5.41, 5.74) is 0. The average Bonchev–Trinajstić information content (AvgIpc) is 2.23. The van der Waals surface area contributed by atoms with Gasteiger partial charge in [-0.25, -0.2) is 0 Å². The number of hydrogen-bond donors (Lipinski definition) is 0. The Labute approximate surface area is 82.3 Å². The van der Waals surface area contributed by atoms with Crippen molar-refractivity contribution < 1.29 is 4.74 Å². The number of piperidine rings is 3. The molecule has 0 atom stereocenters. The van der Waals surface area contributed by atoms with Crippen molar-refractivity contribution in [1.29, 1.82) is 0 Å². The summed E-state index contributed by atoms with van der Waals surface area (Å²) in [6.45, 7) is 9.85. The SMILES string of the molecule is C1CN2CCC1CC2.CCOCC. The highest BCUT2D eigenvalue weighted by Crippen LogP contribution is 2.26. The third kappa shape index (κ3) is 4.10. The van der Waals surface area contributed by atoms with E-state index in [2.05, 4.69) is 4.90 Å². The van der Waals surface area contributed by atoms with Gasteiger partial charge in [0.2, 0.25) is 0 Å². The highest BCUT2D eigenvalue weighted by atomic mass is 16.5. The van der Waals surface area contributed by atoms with Crippen molar-refractivity contribution in [3.63, 3.8) is 0 Å². The summed E-state index contributed by atoms with van der Waals surface area (Å²) in [4.78, 5) is 2.58. The van der Waals surface area contributed by atoms with Gasteiger partial charge in [0.15, 0.2) is 0 Å². The van der Waals surface area contributed by atoms with Crippen LogP contribution in [-0.2, 0) is 4.74 Å². The summed E-state index contributed by atoms with van der Waals surface area (Å²) in [5.74, 6) is 1.11. The lowest BCUT2D eigenvalue weighted by Gasteiger charge is -2.38. The van der Waals surface area contributed by atoms with Crippen LogP contribution in [0.4, 0.5) is 0 Å². The second-order valence-corrected chi connectivity index (χ2v) is 3.86. The normalized spacial score (nSPS) is 30.9. The zero-order valence-electron chi connectivity index (χ0n) is 9.09. The smallest absolute Gasteiger partial charge is 0.0437 e. The molecule has 0 aromatic heterocycles. The molecule has 78 valence electrons. The van der Waals surface area contributed by atoms with E-state index in [9.17, 15) is 0 Å². The van der Waals surface area contributed by atoms with E-state index in [4.69, 9.17) is 4.74 Å². The van der Waals surface area contributed by atoms with Gasteiger partial charge in [-0.15, -0.1) is 0 Å². The van der Waals surface area contributed by atoms with Gasteiger partial charge < -0.3 is 9.64 Å². The summed E-state index contributed by atoms with van der Waals surface area (Å²) < 4.78 is 4.83. The molecule has 3 fully saturated rings. The van der Waals surface area contributed by atoms with Crippen molar-refractivity contribution >= 4 is 0 Å². The molecular formula is C11H23NO. The molecule has 0 aliphatic carbocycles. The fraction of sp³-hybridized carbons (Fsp3) is 1.00. The molecule has 2 heteroatoms. The predicted molar refractivity (Wildman–Crippen MR) is 55.9 cm³/mol. The molecule has 13 heavy (non-hydrogen) atoms. The Morgan fingerprint density at radius 1 is 1.00 bits per heavy atom. The first-order valence-electron chi connectivity index (χ1n) is 5.66. The van der Waals surface area contributed by atoms with Gasteiger partial charge >= 0.3 is 0 Å². The first-order valence-corrected chi connectivity index (χ1v) is 5.66. The van der Waals surface area contributed by atoms with Crippen molar-refractivity contribution in [2.24, 2.45) is 5.92 Å². The summed E-state index contributed by atoms with van der Waals surface area (Å²) in [6, 6.07) is 0. The summed E-state index contributed by atoms with van der Waals surface area (Å²) in [6.07, 6.45) is 4.46. The zero-order chi connectivity index (χ0) is 9.52. The fourth-order valence-electron chi connectivity index (χ4n) is 2.07. The van der Waals surface area contributed by atoms with E-state index in [-0.39, 0.29) is 0 Å². The first-order chi connectivity index (χ1) is 6.36. The van der Waals surface area contributed by atoms with Gasteiger partial charge in [0.1, 0.15) is 0 Å². The van der Waals surface area contributed by atoms with E-state index in [1.165, 1.54) is 38.9 Å². The van der Waals surface area contributed by atoms with Gasteiger partial charge in [-0.2, -0.15) is 0 Å². The zero-order valence-corrected chi connectivity index (χ0v) is 9.09. The standard InChI is InChI=1S/C7H13N.C4H10O/c1-4-8-5-2-7(1)3-6-8;1-3-5-4-2/h7H,1-6H2;3-4H2,1-2H3. The topological polar surface area (TPSA) is 12.5 Å². The largest absolute Gasteiger partial charge is 0.382 e. The molecule has 3 saturated heterocycles. The Morgan fingerprint density at radius 2 is 1.46 bits per heavy atom. The minimum atomic E-state index is 0.844. The van der Waals surface area contributed by atoms with E-state index in [0.29, 0.717) is 0 Å². The molecule has 0 spiro atoms. The van der Waals surface area contributed by atoms with Gasteiger partial charge in [0.25, 0.3) is 0 Å². The lowest BCUT2D eigenvalue weighted by atomic mass is 9.89. The van der Waals surface area contributed by atoms with Crippen LogP contribution >= 0.6 is 0 Å². The Bertz CT molecular complexity index is 94.2. The van der Waals surface area contributed by atoms with Crippen LogP contribution in [0.15, 0.2) is 0 Å². The molecule has 0 N–H and O–H groups in total. The van der Waals surface area contributed by atoms with E-state index in [1.807, 2.05) is 13.8 Å². The maximum absolute atomic E-state index is 4.83. The number of nitrogens with zero attached hydrogens (tertiary/aromatic N) is 1. The highest BCUT2D eigenvalue weighted by molar-refractivity contribution is 4.78. The van der Waals surface area contributed by atoms with Crippen LogP contribution in [0.1, 0.15) is 33.1 Å². The molecule has 3 aliphatic heterocycles. The monoisotopic (exact) mass is 185 g/mol. The van der Waals surface area contributed by atoms with E-state index in [0.717, 1.165) is 19.1 Å². The van der Waals surface area contributed by atoms with Crippen molar-refractivity contribution in [2.45, 2.75) is 33.1 Å². The van der Waals surface area contributed by atoms with Crippen LogP contribution in [-0.4, -0.2) is 37.7 Å². The van der Waals surface area contributed by atoms with Gasteiger partial charge in [-0.05, 0) is 58.7 Å². The van der Waals surface area contributed by atoms with Crippen molar-refractivity contribution in [3.8, 4) is 0 Å². The van der Waals surface area contributed by atoms with E-state index in [1.54, 1.807) is 0 Å². The van der Waals surface area contributed by atoms with Crippen molar-refractivity contribution in [3.05, 3.63) is 0 Å². The van der Waals surface area contributed by atoms with Gasteiger partial charge in [-0.3, -0.25) is 0 Å². The molecule has 3 heterocycles. The van der Waals surface area contributed by atoms with E-state index >= 15 is 0 Å². The minimum absolute atomic E-state index is 0.844. The molecule has 2 nitrogen and oxygen atoms in total. The molecule has 0 aromatic carbocycles. The van der Waals surface area contributed by atoms with Crippen LogP contribution in [0.3, 0.4) is 0 Å². The Hall–Kier alpha value is -0.0800. The summed E-state index contributed by atoms with van der Waals surface area (Å²) in [5, 5.41) is 0. The molecule has 0 amide bonds. The minimum Gasteiger partial charge on any atom is -0.382 e. The van der Waals surface area contributed by atoms with Crippen molar-refractivity contribution in [2.75, 3.05) is 32.8 Å². The Balaban J connectivity index is 0.000000149. The highest BCUT2D eigenvalue weighted by Gasteiger charge is 2.24. The maximum atomic E-state index is 4.83. The third-order valence-corrected chi connectivity index (χ3v) is 2.97. The maximum Gasteiger partial charge on any atom is 0.0437 e. The van der Waals surface area contributed by atoms with Gasteiger partial charge in [0.05, 0.1) is 0 Å².